The molecule has 1 atom stereocenters. The fourth-order valence-electron chi connectivity index (χ4n) is 3.50. The van der Waals surface area contributed by atoms with E-state index < -0.39 is 0 Å². The summed E-state index contributed by atoms with van der Waals surface area (Å²) < 4.78 is 1.80. The molecule has 142 valence electrons. The highest BCUT2D eigenvalue weighted by Gasteiger charge is 2.33. The van der Waals surface area contributed by atoms with Gasteiger partial charge in [-0.15, -0.1) is 12.4 Å². The first-order valence-electron chi connectivity index (χ1n) is 8.51. The Morgan fingerprint density at radius 3 is 2.58 bits per heavy atom. The molecule has 2 aromatic rings. The number of hydrogen-bond donors (Lipinski definition) is 1. The number of rotatable bonds is 4. The Bertz CT molecular complexity index is 772. The Hall–Kier alpha value is -1.96. The van der Waals surface area contributed by atoms with E-state index in [2.05, 4.69) is 23.8 Å². The Morgan fingerprint density at radius 2 is 2.00 bits per heavy atom. The zero-order chi connectivity index (χ0) is 18.2. The Kier molecular flexibility index (Phi) is 6.05. The lowest BCUT2D eigenvalue weighted by atomic mass is 9.79. The number of hydrogen-bond acceptors (Lipinski definition) is 5. The molecule has 1 aliphatic rings. The van der Waals surface area contributed by atoms with Gasteiger partial charge in [-0.3, -0.25) is 19.7 Å². The van der Waals surface area contributed by atoms with Gasteiger partial charge in [0.15, 0.2) is 0 Å². The fraction of sp³-hybridized carbons (Fsp3) is 0.500. The summed E-state index contributed by atoms with van der Waals surface area (Å²) in [6.07, 6.45) is 3.01. The Balaban J connectivity index is 0.00000243. The summed E-state index contributed by atoms with van der Waals surface area (Å²) in [4.78, 5) is 12.9. The average Bonchev–Trinajstić information content (AvgIpc) is 2.91. The Morgan fingerprint density at radius 1 is 1.35 bits per heavy atom. The molecule has 0 saturated carbocycles. The maximum absolute atomic E-state index is 10.8. The second-order valence-corrected chi connectivity index (χ2v) is 7.58. The number of piperidine rings is 1. The van der Waals surface area contributed by atoms with E-state index >= 15 is 0 Å². The van der Waals surface area contributed by atoms with Crippen molar-refractivity contribution in [3.8, 4) is 11.3 Å². The number of nitro groups is 1. The number of nitro benzene ring substituents is 1. The topological polar surface area (TPSA) is 90.2 Å². The summed E-state index contributed by atoms with van der Waals surface area (Å²) in [6, 6.07) is 6.81. The van der Waals surface area contributed by atoms with Gasteiger partial charge in [-0.25, -0.2) is 0 Å². The third kappa shape index (κ3) is 4.23. The minimum atomic E-state index is -0.387. The largest absolute Gasteiger partial charge is 0.327 e. The van der Waals surface area contributed by atoms with Gasteiger partial charge in [-0.05, 0) is 24.0 Å². The van der Waals surface area contributed by atoms with Gasteiger partial charge < -0.3 is 5.73 Å². The molecule has 1 unspecified atom stereocenters. The average molecular weight is 380 g/mol. The standard InChI is InChI=1S/C18H25N5O2.ClH/c1-18(2)12-22(9-8-16(18)19)11-14-10-21(3)20-17(14)13-4-6-15(7-5-13)23(24)25;/h4-7,10,16H,8-9,11-12,19H2,1-3H3;1H. The molecule has 1 saturated heterocycles. The molecule has 0 bridgehead atoms. The summed E-state index contributed by atoms with van der Waals surface area (Å²) in [5, 5.41) is 15.4. The van der Waals surface area contributed by atoms with E-state index in [1.165, 1.54) is 12.1 Å². The quantitative estimate of drug-likeness (QED) is 0.651. The highest BCUT2D eigenvalue weighted by molar-refractivity contribution is 5.85. The van der Waals surface area contributed by atoms with E-state index in [9.17, 15) is 10.1 Å². The minimum absolute atomic E-state index is 0. The van der Waals surface area contributed by atoms with E-state index in [1.807, 2.05) is 13.2 Å². The second kappa shape index (κ2) is 7.73. The van der Waals surface area contributed by atoms with Crippen molar-refractivity contribution in [3.63, 3.8) is 0 Å². The molecule has 1 fully saturated rings. The maximum atomic E-state index is 10.8. The second-order valence-electron chi connectivity index (χ2n) is 7.58. The maximum Gasteiger partial charge on any atom is 0.269 e. The number of non-ortho nitro benzene ring substituents is 1. The van der Waals surface area contributed by atoms with Gasteiger partial charge in [0.1, 0.15) is 0 Å². The molecular formula is C18H26ClN5O2. The molecule has 1 aromatic heterocycles. The molecule has 1 aromatic carbocycles. The van der Waals surface area contributed by atoms with Crippen LogP contribution >= 0.6 is 12.4 Å². The van der Waals surface area contributed by atoms with Gasteiger partial charge in [0.05, 0.1) is 10.6 Å². The molecule has 8 heteroatoms. The molecule has 0 spiro atoms. The van der Waals surface area contributed by atoms with E-state index in [4.69, 9.17) is 5.73 Å². The zero-order valence-electron chi connectivity index (χ0n) is 15.4. The lowest BCUT2D eigenvalue weighted by Crippen LogP contribution is -2.52. The summed E-state index contributed by atoms with van der Waals surface area (Å²) in [5.41, 5.74) is 9.32. The van der Waals surface area contributed by atoms with Crippen LogP contribution in [0, 0.1) is 15.5 Å². The third-order valence-corrected chi connectivity index (χ3v) is 5.04. The molecule has 3 rings (SSSR count). The number of halogens is 1. The fourth-order valence-corrected chi connectivity index (χ4v) is 3.50. The van der Waals surface area contributed by atoms with Crippen molar-refractivity contribution < 1.29 is 4.92 Å². The first kappa shape index (κ1) is 20.4. The lowest BCUT2D eigenvalue weighted by molar-refractivity contribution is -0.384. The third-order valence-electron chi connectivity index (χ3n) is 5.04. The normalized spacial score (nSPS) is 19.8. The molecule has 7 nitrogen and oxygen atoms in total. The first-order chi connectivity index (χ1) is 11.8. The SMILES string of the molecule is Cl.Cn1cc(CN2CCC(N)C(C)(C)C2)c(-c2ccc([N+](=O)[O-])cc2)n1. The molecule has 0 amide bonds. The predicted molar refractivity (Wildman–Crippen MR) is 104 cm³/mol. The smallest absolute Gasteiger partial charge is 0.269 e. The van der Waals surface area contributed by atoms with Crippen LogP contribution in [0.25, 0.3) is 11.3 Å². The number of aromatic nitrogens is 2. The van der Waals surface area contributed by atoms with Gasteiger partial charge in [0, 0.05) is 62.2 Å². The van der Waals surface area contributed by atoms with Gasteiger partial charge in [0.25, 0.3) is 5.69 Å². The summed E-state index contributed by atoms with van der Waals surface area (Å²) in [7, 11) is 1.90. The van der Waals surface area contributed by atoms with Crippen molar-refractivity contribution in [3.05, 3.63) is 46.1 Å². The number of likely N-dealkylation sites (tertiary alicyclic amines) is 1. The van der Waals surface area contributed by atoms with E-state index in [-0.39, 0.29) is 34.5 Å². The van der Waals surface area contributed by atoms with Crippen LogP contribution in [0.5, 0.6) is 0 Å². The number of nitrogens with two attached hydrogens (primary N) is 1. The van der Waals surface area contributed by atoms with Gasteiger partial charge in [-0.2, -0.15) is 5.10 Å². The molecule has 2 N–H and O–H groups in total. The van der Waals surface area contributed by atoms with Gasteiger partial charge in [-0.1, -0.05) is 13.8 Å². The lowest BCUT2D eigenvalue weighted by Gasteiger charge is -2.42. The zero-order valence-corrected chi connectivity index (χ0v) is 16.2. The predicted octanol–water partition coefficient (Wildman–Crippen LogP) is 2.98. The van der Waals surface area contributed by atoms with E-state index in [1.54, 1.807) is 16.8 Å². The van der Waals surface area contributed by atoms with Crippen LogP contribution in [-0.4, -0.2) is 38.7 Å². The van der Waals surface area contributed by atoms with Crippen molar-refractivity contribution in [1.82, 2.24) is 14.7 Å². The molecule has 0 radical (unpaired) electrons. The van der Waals surface area contributed by atoms with Crippen molar-refractivity contribution >= 4 is 18.1 Å². The van der Waals surface area contributed by atoms with Crippen LogP contribution in [0.15, 0.2) is 30.5 Å². The molecule has 0 aliphatic carbocycles. The van der Waals surface area contributed by atoms with Crippen LogP contribution in [0.1, 0.15) is 25.8 Å². The number of nitrogens with zero attached hydrogens (tertiary/aromatic N) is 4. The van der Waals surface area contributed by atoms with Crippen molar-refractivity contribution in [2.24, 2.45) is 18.2 Å². The molecular weight excluding hydrogens is 354 g/mol. The molecule has 2 heterocycles. The van der Waals surface area contributed by atoms with Gasteiger partial charge >= 0.3 is 0 Å². The van der Waals surface area contributed by atoms with Crippen LogP contribution in [0.4, 0.5) is 5.69 Å². The van der Waals surface area contributed by atoms with Crippen molar-refractivity contribution in [2.75, 3.05) is 13.1 Å². The number of benzene rings is 1. The van der Waals surface area contributed by atoms with Crippen LogP contribution in [-0.2, 0) is 13.6 Å². The van der Waals surface area contributed by atoms with Crippen LogP contribution in [0.2, 0.25) is 0 Å². The highest BCUT2D eigenvalue weighted by Crippen LogP contribution is 2.30. The first-order valence-corrected chi connectivity index (χ1v) is 8.51. The summed E-state index contributed by atoms with van der Waals surface area (Å²) >= 11 is 0. The van der Waals surface area contributed by atoms with Crippen molar-refractivity contribution in [2.45, 2.75) is 32.9 Å². The summed E-state index contributed by atoms with van der Waals surface area (Å²) in [5.74, 6) is 0. The Labute approximate surface area is 159 Å². The van der Waals surface area contributed by atoms with E-state index in [0.29, 0.717) is 0 Å². The van der Waals surface area contributed by atoms with E-state index in [0.717, 1.165) is 42.9 Å². The number of aryl methyl sites for hydroxylation is 1. The van der Waals surface area contributed by atoms with Crippen LogP contribution < -0.4 is 5.73 Å². The van der Waals surface area contributed by atoms with Crippen molar-refractivity contribution in [1.29, 1.82) is 0 Å². The summed E-state index contributed by atoms with van der Waals surface area (Å²) in [6.45, 7) is 7.15. The molecule has 26 heavy (non-hydrogen) atoms. The monoisotopic (exact) mass is 379 g/mol. The van der Waals surface area contributed by atoms with Crippen LogP contribution in [0.3, 0.4) is 0 Å². The highest BCUT2D eigenvalue weighted by atomic mass is 35.5. The minimum Gasteiger partial charge on any atom is -0.327 e. The van der Waals surface area contributed by atoms with Gasteiger partial charge in [0.2, 0.25) is 0 Å². The molecule has 1 aliphatic heterocycles.